The predicted molar refractivity (Wildman–Crippen MR) is 110 cm³/mol. The third-order valence-corrected chi connectivity index (χ3v) is 11.1. The molecule has 2 aromatic carbocycles. The monoisotopic (exact) mass is 369 g/mol. The van der Waals surface area contributed by atoms with Gasteiger partial charge in [-0.3, -0.25) is 0 Å². The van der Waals surface area contributed by atoms with Gasteiger partial charge < -0.3 is 15.3 Å². The molecule has 0 heterocycles. The fourth-order valence-corrected chi connectivity index (χ4v) is 8.66. The largest absolute Gasteiger partial charge is 0.405 e. The summed E-state index contributed by atoms with van der Waals surface area (Å²) in [5, 5.41) is 13.0. The summed E-state index contributed by atoms with van der Waals surface area (Å²) in [4.78, 5) is 0. The van der Waals surface area contributed by atoms with Crippen LogP contribution in [0.3, 0.4) is 0 Å². The number of hydrogen-bond donors (Lipinski definition) is 2. The van der Waals surface area contributed by atoms with Gasteiger partial charge in [0.25, 0.3) is 8.32 Å². The van der Waals surface area contributed by atoms with Gasteiger partial charge in [0.15, 0.2) is 0 Å². The molecule has 4 heteroatoms. The molecule has 0 saturated heterocycles. The summed E-state index contributed by atoms with van der Waals surface area (Å²) >= 11 is 0. The van der Waals surface area contributed by atoms with Gasteiger partial charge in [-0.1, -0.05) is 81.4 Å². The molecular formula is C22H31NO2Si. The van der Waals surface area contributed by atoms with Gasteiger partial charge in [0, 0.05) is 0 Å². The summed E-state index contributed by atoms with van der Waals surface area (Å²) in [7, 11) is -2.60. The van der Waals surface area contributed by atoms with Crippen molar-refractivity contribution in [1.29, 1.82) is 0 Å². The van der Waals surface area contributed by atoms with Crippen molar-refractivity contribution in [2.75, 3.05) is 6.61 Å². The summed E-state index contributed by atoms with van der Waals surface area (Å²) in [5.74, 6) is 0. The molecule has 3 N–H and O–H groups in total. The molecule has 1 aliphatic rings. The lowest BCUT2D eigenvalue weighted by Gasteiger charge is -2.54. The predicted octanol–water partition coefficient (Wildman–Crippen LogP) is 2.81. The van der Waals surface area contributed by atoms with Crippen LogP contribution in [0.5, 0.6) is 0 Å². The molecule has 2 aromatic rings. The van der Waals surface area contributed by atoms with Crippen LogP contribution in [0.25, 0.3) is 0 Å². The topological polar surface area (TPSA) is 55.5 Å². The fourth-order valence-electron chi connectivity index (χ4n) is 4.03. The van der Waals surface area contributed by atoms with Gasteiger partial charge in [0.1, 0.15) is 0 Å². The minimum atomic E-state index is -2.60. The molecule has 3 nitrogen and oxygen atoms in total. The average Bonchev–Trinajstić information content (AvgIpc) is 2.62. The molecule has 0 bridgehead atoms. The second-order valence-corrected chi connectivity index (χ2v) is 13.2. The molecule has 140 valence electrons. The zero-order valence-electron chi connectivity index (χ0n) is 16.3. The van der Waals surface area contributed by atoms with E-state index < -0.39 is 19.5 Å². The van der Waals surface area contributed by atoms with Gasteiger partial charge in [0.2, 0.25) is 0 Å². The SMILES string of the molecule is CC(C)(C)[Si](OC[C@@]1(N)CC[C@]1(C)O)(c1ccccc1)c1ccccc1. The molecule has 0 unspecified atom stereocenters. The van der Waals surface area contributed by atoms with Crippen molar-refractivity contribution in [3.05, 3.63) is 60.7 Å². The van der Waals surface area contributed by atoms with Crippen molar-refractivity contribution in [3.63, 3.8) is 0 Å². The highest BCUT2D eigenvalue weighted by Crippen LogP contribution is 2.43. The molecule has 2 atom stereocenters. The maximum absolute atomic E-state index is 10.6. The van der Waals surface area contributed by atoms with Crippen molar-refractivity contribution in [2.24, 2.45) is 5.73 Å². The smallest absolute Gasteiger partial charge is 0.261 e. The average molecular weight is 370 g/mol. The minimum absolute atomic E-state index is 0.0817. The third kappa shape index (κ3) is 3.05. The van der Waals surface area contributed by atoms with Crippen molar-refractivity contribution < 1.29 is 9.53 Å². The number of nitrogens with two attached hydrogens (primary N) is 1. The Morgan fingerprint density at radius 2 is 1.42 bits per heavy atom. The Kier molecular flexibility index (Phi) is 4.91. The summed E-state index contributed by atoms with van der Waals surface area (Å²) in [6.07, 6.45) is 1.52. The van der Waals surface area contributed by atoms with Crippen LogP contribution in [0.4, 0.5) is 0 Å². The molecule has 26 heavy (non-hydrogen) atoms. The second-order valence-electron chi connectivity index (χ2n) is 8.88. The van der Waals surface area contributed by atoms with Crippen LogP contribution in [0.1, 0.15) is 40.5 Å². The van der Waals surface area contributed by atoms with Gasteiger partial charge in [-0.25, -0.2) is 0 Å². The maximum atomic E-state index is 10.6. The molecule has 1 fully saturated rings. The van der Waals surface area contributed by atoms with Crippen molar-refractivity contribution in [1.82, 2.24) is 0 Å². The van der Waals surface area contributed by atoms with E-state index in [0.29, 0.717) is 6.61 Å². The highest BCUT2D eigenvalue weighted by molar-refractivity contribution is 6.99. The Bertz CT molecular complexity index is 700. The first-order valence-corrected chi connectivity index (χ1v) is 11.3. The lowest BCUT2D eigenvalue weighted by molar-refractivity contribution is -0.114. The van der Waals surface area contributed by atoms with Gasteiger partial charge in [-0.05, 0) is 35.2 Å². The lowest BCUT2D eigenvalue weighted by atomic mass is 9.65. The van der Waals surface area contributed by atoms with Crippen LogP contribution >= 0.6 is 0 Å². The molecule has 1 saturated carbocycles. The zero-order chi connectivity index (χ0) is 19.1. The first-order valence-electron chi connectivity index (χ1n) is 9.39. The Morgan fingerprint density at radius 3 is 1.73 bits per heavy atom. The molecule has 0 radical (unpaired) electrons. The second kappa shape index (κ2) is 6.61. The van der Waals surface area contributed by atoms with E-state index in [4.69, 9.17) is 10.2 Å². The first kappa shape index (κ1) is 19.3. The normalized spacial score (nSPS) is 26.4. The fraction of sp³-hybridized carbons (Fsp3) is 0.455. The minimum Gasteiger partial charge on any atom is -0.405 e. The van der Waals surface area contributed by atoms with E-state index in [-0.39, 0.29) is 5.04 Å². The first-order chi connectivity index (χ1) is 12.1. The van der Waals surface area contributed by atoms with E-state index >= 15 is 0 Å². The molecule has 3 rings (SSSR count). The van der Waals surface area contributed by atoms with E-state index in [2.05, 4.69) is 69.3 Å². The Labute approximate surface area is 158 Å². The zero-order valence-corrected chi connectivity index (χ0v) is 17.3. The number of hydrogen-bond acceptors (Lipinski definition) is 3. The number of rotatable bonds is 5. The van der Waals surface area contributed by atoms with Crippen molar-refractivity contribution in [2.45, 2.75) is 56.7 Å². The molecule has 0 spiro atoms. The molecule has 0 aromatic heterocycles. The Morgan fingerprint density at radius 1 is 0.962 bits per heavy atom. The van der Waals surface area contributed by atoms with Crippen LogP contribution in [-0.4, -0.2) is 31.2 Å². The lowest BCUT2D eigenvalue weighted by Crippen LogP contribution is -2.73. The van der Waals surface area contributed by atoms with Crippen LogP contribution in [0.2, 0.25) is 5.04 Å². The number of aliphatic hydroxyl groups is 1. The summed E-state index contributed by atoms with van der Waals surface area (Å²) in [5.41, 5.74) is 4.99. The van der Waals surface area contributed by atoms with E-state index in [9.17, 15) is 5.11 Å². The molecule has 0 amide bonds. The summed E-state index contributed by atoms with van der Waals surface area (Å²) in [6.45, 7) is 8.95. The van der Waals surface area contributed by atoms with Crippen LogP contribution < -0.4 is 16.1 Å². The van der Waals surface area contributed by atoms with E-state index in [0.717, 1.165) is 12.8 Å². The van der Waals surface area contributed by atoms with Crippen molar-refractivity contribution in [3.8, 4) is 0 Å². The standard InChI is InChI=1S/C22H31NO2Si/c1-20(2,3)26(18-11-7-5-8-12-18,19-13-9-6-10-14-19)25-17-22(23)16-15-21(22,4)24/h5-14,24H,15-17,23H2,1-4H3/t21-,22-/m0/s1. The number of benzene rings is 2. The molecule has 1 aliphatic carbocycles. The van der Waals surface area contributed by atoms with Gasteiger partial charge in [0.05, 0.1) is 17.7 Å². The molecular weight excluding hydrogens is 338 g/mol. The third-order valence-electron chi connectivity index (χ3n) is 6.09. The quantitative estimate of drug-likeness (QED) is 0.797. The van der Waals surface area contributed by atoms with Crippen LogP contribution in [0, 0.1) is 0 Å². The summed E-state index contributed by atoms with van der Waals surface area (Å²) in [6, 6.07) is 21.1. The summed E-state index contributed by atoms with van der Waals surface area (Å²) < 4.78 is 6.86. The van der Waals surface area contributed by atoms with Gasteiger partial charge >= 0.3 is 0 Å². The van der Waals surface area contributed by atoms with Gasteiger partial charge in [-0.15, -0.1) is 0 Å². The highest BCUT2D eigenvalue weighted by Gasteiger charge is 2.56. The molecule has 0 aliphatic heterocycles. The van der Waals surface area contributed by atoms with E-state index in [1.807, 2.05) is 19.1 Å². The van der Waals surface area contributed by atoms with E-state index in [1.54, 1.807) is 0 Å². The Hall–Kier alpha value is -1.46. The highest BCUT2D eigenvalue weighted by atomic mass is 28.4. The Balaban J connectivity index is 2.09. The van der Waals surface area contributed by atoms with Crippen molar-refractivity contribution >= 4 is 18.7 Å². The van der Waals surface area contributed by atoms with Gasteiger partial charge in [-0.2, -0.15) is 0 Å². The van der Waals surface area contributed by atoms with Crippen LogP contribution in [0.15, 0.2) is 60.7 Å². The maximum Gasteiger partial charge on any atom is 0.261 e. The van der Waals surface area contributed by atoms with Crippen LogP contribution in [-0.2, 0) is 4.43 Å². The van der Waals surface area contributed by atoms with E-state index in [1.165, 1.54) is 10.4 Å².